The van der Waals surface area contributed by atoms with Crippen molar-refractivity contribution in [3.8, 4) is 5.69 Å². The topological polar surface area (TPSA) is 73.8 Å². The van der Waals surface area contributed by atoms with Gasteiger partial charge in [0.05, 0.1) is 5.69 Å². The molecule has 0 saturated carbocycles. The molecule has 0 unspecified atom stereocenters. The van der Waals surface area contributed by atoms with E-state index in [0.717, 1.165) is 4.34 Å². The van der Waals surface area contributed by atoms with Gasteiger partial charge in [0.2, 0.25) is 0 Å². The Hall–Kier alpha value is -1.57. The van der Waals surface area contributed by atoms with E-state index in [1.165, 1.54) is 27.7 Å². The number of nitrogens with two attached hydrogens (primary N) is 1. The molecular formula is C12H9ClN4OS2. The first-order chi connectivity index (χ1) is 9.60. The van der Waals surface area contributed by atoms with Gasteiger partial charge in [-0.1, -0.05) is 23.4 Å². The van der Waals surface area contributed by atoms with Gasteiger partial charge >= 0.3 is 5.69 Å². The van der Waals surface area contributed by atoms with E-state index in [1.54, 1.807) is 24.3 Å². The van der Waals surface area contributed by atoms with Crippen molar-refractivity contribution in [3.63, 3.8) is 0 Å². The van der Waals surface area contributed by atoms with Gasteiger partial charge in [-0.15, -0.1) is 11.3 Å². The van der Waals surface area contributed by atoms with E-state index in [0.29, 0.717) is 26.9 Å². The monoisotopic (exact) mass is 324 g/mol. The lowest BCUT2D eigenvalue weighted by molar-refractivity contribution is 0.945. The van der Waals surface area contributed by atoms with Crippen LogP contribution in [0.15, 0.2) is 33.4 Å². The van der Waals surface area contributed by atoms with Crippen LogP contribution >= 0.6 is 34.7 Å². The highest BCUT2D eigenvalue weighted by molar-refractivity contribution is 8.00. The third-order valence-corrected chi connectivity index (χ3v) is 5.02. The molecule has 3 aromatic rings. The lowest BCUT2D eigenvalue weighted by Gasteiger charge is -2.08. The molecule has 0 amide bonds. The minimum Gasteiger partial charge on any atom is -0.383 e. The van der Waals surface area contributed by atoms with Gasteiger partial charge in [-0.2, -0.15) is 4.98 Å². The average molecular weight is 325 g/mol. The Morgan fingerprint density at radius 2 is 2.00 bits per heavy atom. The third-order valence-electron chi connectivity index (χ3n) is 2.72. The summed E-state index contributed by atoms with van der Waals surface area (Å²) in [5.41, 5.74) is 6.69. The van der Waals surface area contributed by atoms with Gasteiger partial charge in [-0.3, -0.25) is 0 Å². The van der Waals surface area contributed by atoms with Crippen LogP contribution in [0.1, 0.15) is 0 Å². The van der Waals surface area contributed by atoms with Crippen LogP contribution in [0, 0.1) is 0 Å². The van der Waals surface area contributed by atoms with E-state index >= 15 is 0 Å². The van der Waals surface area contributed by atoms with Crippen LogP contribution in [0.2, 0.25) is 5.02 Å². The zero-order chi connectivity index (χ0) is 14.3. The predicted octanol–water partition coefficient (Wildman–Crippen LogP) is 2.80. The Morgan fingerprint density at radius 3 is 2.65 bits per heavy atom. The van der Waals surface area contributed by atoms with Gasteiger partial charge in [-0.05, 0) is 30.5 Å². The van der Waals surface area contributed by atoms with Crippen LogP contribution in [0.25, 0.3) is 16.0 Å². The summed E-state index contributed by atoms with van der Waals surface area (Å²) in [5, 5.41) is 0.594. The average Bonchev–Trinajstić information content (AvgIpc) is 2.84. The summed E-state index contributed by atoms with van der Waals surface area (Å²) in [6, 6.07) is 6.86. The summed E-state index contributed by atoms with van der Waals surface area (Å²) in [6.45, 7) is 0. The molecule has 3 rings (SSSR count). The molecule has 1 aromatic carbocycles. The lowest BCUT2D eigenvalue weighted by atomic mass is 10.3. The van der Waals surface area contributed by atoms with Crippen molar-refractivity contribution in [1.82, 2.24) is 14.5 Å². The molecule has 0 aliphatic heterocycles. The van der Waals surface area contributed by atoms with E-state index in [-0.39, 0.29) is 0 Å². The van der Waals surface area contributed by atoms with Crippen LogP contribution in [0.4, 0.5) is 5.82 Å². The maximum atomic E-state index is 12.1. The highest BCUT2D eigenvalue weighted by Gasteiger charge is 2.14. The number of hydrogen-bond acceptors (Lipinski definition) is 6. The van der Waals surface area contributed by atoms with E-state index in [2.05, 4.69) is 9.97 Å². The highest BCUT2D eigenvalue weighted by atomic mass is 35.5. The molecule has 5 nitrogen and oxygen atoms in total. The predicted molar refractivity (Wildman–Crippen MR) is 84.2 cm³/mol. The van der Waals surface area contributed by atoms with Crippen LogP contribution in [0.3, 0.4) is 0 Å². The largest absolute Gasteiger partial charge is 0.383 e. The fourth-order valence-electron chi connectivity index (χ4n) is 1.81. The molecule has 0 radical (unpaired) electrons. The van der Waals surface area contributed by atoms with Gasteiger partial charge in [-0.25, -0.2) is 14.3 Å². The van der Waals surface area contributed by atoms with Gasteiger partial charge in [0.15, 0.2) is 9.99 Å². The molecule has 8 heteroatoms. The SMILES string of the molecule is CSc1nc2nc(=O)n(-c3ccc(Cl)cc3)c(N)c2s1. The number of hydrogen-bond donors (Lipinski definition) is 1. The van der Waals surface area contributed by atoms with Gasteiger partial charge in [0, 0.05) is 5.02 Å². The highest BCUT2D eigenvalue weighted by Crippen LogP contribution is 2.30. The van der Waals surface area contributed by atoms with Crippen molar-refractivity contribution in [1.29, 1.82) is 0 Å². The normalized spacial score (nSPS) is 11.1. The van der Waals surface area contributed by atoms with Gasteiger partial charge in [0.1, 0.15) is 10.5 Å². The molecule has 2 N–H and O–H groups in total. The number of nitrogens with zero attached hydrogens (tertiary/aromatic N) is 3. The number of fused-ring (bicyclic) bond motifs is 1. The van der Waals surface area contributed by atoms with E-state index in [1.807, 2.05) is 6.26 Å². The van der Waals surface area contributed by atoms with Crippen molar-refractivity contribution < 1.29 is 0 Å². The molecule has 2 heterocycles. The number of aromatic nitrogens is 3. The first kappa shape index (κ1) is 13.4. The maximum Gasteiger partial charge on any atom is 0.355 e. The fraction of sp³-hybridized carbons (Fsp3) is 0.0833. The molecule has 20 heavy (non-hydrogen) atoms. The summed E-state index contributed by atoms with van der Waals surface area (Å²) in [6.07, 6.45) is 1.92. The maximum absolute atomic E-state index is 12.1. The molecule has 2 aromatic heterocycles. The van der Waals surface area contributed by atoms with E-state index < -0.39 is 5.69 Å². The van der Waals surface area contributed by atoms with Crippen molar-refractivity contribution >= 4 is 50.9 Å². The number of benzene rings is 1. The Balaban J connectivity index is 2.30. The number of nitrogen functional groups attached to an aromatic ring is 1. The standard InChI is InChI=1S/C12H9ClN4OS2/c1-19-12-16-10-8(20-12)9(14)17(11(18)15-10)7-4-2-6(13)3-5-7/h2-5H,14H2,1H3. The van der Waals surface area contributed by atoms with Crippen LogP contribution in [-0.2, 0) is 0 Å². The first-order valence-electron chi connectivity index (χ1n) is 5.59. The fourth-order valence-corrected chi connectivity index (χ4v) is 3.38. The lowest BCUT2D eigenvalue weighted by Crippen LogP contribution is -2.23. The minimum atomic E-state index is -0.449. The molecule has 0 saturated heterocycles. The third kappa shape index (κ3) is 2.17. The van der Waals surface area contributed by atoms with E-state index in [9.17, 15) is 4.79 Å². The second kappa shape index (κ2) is 5.08. The quantitative estimate of drug-likeness (QED) is 0.734. The zero-order valence-electron chi connectivity index (χ0n) is 10.3. The molecule has 0 fully saturated rings. The Bertz CT molecular complexity index is 841. The van der Waals surface area contributed by atoms with E-state index in [4.69, 9.17) is 17.3 Å². The minimum absolute atomic E-state index is 0.347. The van der Waals surface area contributed by atoms with Crippen LogP contribution in [-0.4, -0.2) is 20.8 Å². The summed E-state index contributed by atoms with van der Waals surface area (Å²) in [7, 11) is 0. The number of rotatable bonds is 2. The number of halogens is 1. The number of thiazole rings is 1. The molecule has 102 valence electrons. The second-order valence-corrected chi connectivity index (χ2v) is 6.42. The van der Waals surface area contributed by atoms with Crippen molar-refractivity contribution in [2.45, 2.75) is 4.34 Å². The molecule has 0 aliphatic carbocycles. The summed E-state index contributed by atoms with van der Waals surface area (Å²) >= 11 is 8.77. The second-order valence-electron chi connectivity index (χ2n) is 3.93. The first-order valence-corrected chi connectivity index (χ1v) is 8.01. The van der Waals surface area contributed by atoms with Gasteiger partial charge < -0.3 is 5.73 Å². The molecule has 0 spiro atoms. The summed E-state index contributed by atoms with van der Waals surface area (Å²) in [5.74, 6) is 0.347. The van der Waals surface area contributed by atoms with Gasteiger partial charge in [0.25, 0.3) is 0 Å². The van der Waals surface area contributed by atoms with Crippen molar-refractivity contribution in [3.05, 3.63) is 39.8 Å². The molecular weight excluding hydrogens is 316 g/mol. The Morgan fingerprint density at radius 1 is 1.30 bits per heavy atom. The number of thioether (sulfide) groups is 1. The summed E-state index contributed by atoms with van der Waals surface area (Å²) in [4.78, 5) is 20.4. The Kier molecular flexibility index (Phi) is 3.41. The smallest absolute Gasteiger partial charge is 0.355 e. The van der Waals surface area contributed by atoms with Crippen molar-refractivity contribution in [2.24, 2.45) is 0 Å². The van der Waals surface area contributed by atoms with Crippen LogP contribution < -0.4 is 11.4 Å². The zero-order valence-corrected chi connectivity index (χ0v) is 12.7. The van der Waals surface area contributed by atoms with Crippen LogP contribution in [0.5, 0.6) is 0 Å². The molecule has 0 aliphatic rings. The molecule has 0 bridgehead atoms. The number of anilines is 1. The molecule has 0 atom stereocenters. The Labute approximate surface area is 127 Å². The van der Waals surface area contributed by atoms with Crippen molar-refractivity contribution in [2.75, 3.05) is 12.0 Å². The summed E-state index contributed by atoms with van der Waals surface area (Å²) < 4.78 is 2.90.